The lowest BCUT2D eigenvalue weighted by Crippen LogP contribution is -2.34. The number of hydrogen-bond acceptors (Lipinski definition) is 5. The van der Waals surface area contributed by atoms with Gasteiger partial charge in [-0.1, -0.05) is 0 Å². The predicted octanol–water partition coefficient (Wildman–Crippen LogP) is 1.54. The van der Waals surface area contributed by atoms with Crippen LogP contribution in [-0.2, 0) is 14.8 Å². The van der Waals surface area contributed by atoms with Gasteiger partial charge in [0.1, 0.15) is 0 Å². The molecule has 2 aromatic carbocycles. The summed E-state index contributed by atoms with van der Waals surface area (Å²) in [7, 11) is -3.71. The van der Waals surface area contributed by atoms with E-state index in [0.717, 1.165) is 3.57 Å². The first-order valence-electron chi connectivity index (χ1n) is 7.89. The van der Waals surface area contributed by atoms with Crippen molar-refractivity contribution in [3.05, 3.63) is 51.6 Å². The Bertz CT molecular complexity index is 946. The van der Waals surface area contributed by atoms with Crippen molar-refractivity contribution < 1.29 is 18.0 Å². The van der Waals surface area contributed by atoms with Crippen molar-refractivity contribution in [2.45, 2.75) is 11.8 Å². The molecule has 0 spiro atoms. The molecule has 0 saturated carbocycles. The maximum absolute atomic E-state index is 12.2. The Labute approximate surface area is 171 Å². The van der Waals surface area contributed by atoms with Crippen molar-refractivity contribution in [1.29, 1.82) is 0 Å². The molecule has 5 N–H and O–H groups in total. The summed E-state index contributed by atoms with van der Waals surface area (Å²) in [5, 5.41) is 5.20. The molecule has 0 heterocycles. The number of hydrogen-bond donors (Lipinski definition) is 4. The van der Waals surface area contributed by atoms with Crippen molar-refractivity contribution in [3.8, 4) is 0 Å². The molecule has 0 radical (unpaired) electrons. The Hall–Kier alpha value is -2.18. The number of halogens is 1. The quantitative estimate of drug-likeness (QED) is 0.259. The van der Waals surface area contributed by atoms with Gasteiger partial charge in [-0.3, -0.25) is 9.59 Å². The highest BCUT2D eigenvalue weighted by atomic mass is 127. The van der Waals surface area contributed by atoms with Gasteiger partial charge in [-0.05, 0) is 65.1 Å². The fourth-order valence-electron chi connectivity index (χ4n) is 2.14. The molecule has 0 aromatic heterocycles. The van der Waals surface area contributed by atoms with E-state index >= 15 is 0 Å². The number of rotatable bonds is 7. The fraction of sp³-hybridized carbons (Fsp3) is 0.176. The SMILES string of the molecule is CC(=O)Nc1ccc(S(=O)(=O)NCCNC(=O)c2ccc(N)c(I)c2)cc1. The van der Waals surface area contributed by atoms with Crippen LogP contribution < -0.4 is 21.1 Å². The molecule has 8 nitrogen and oxygen atoms in total. The van der Waals surface area contributed by atoms with Crippen molar-refractivity contribution in [1.82, 2.24) is 10.0 Å². The molecule has 0 unspecified atom stereocenters. The minimum atomic E-state index is -3.71. The van der Waals surface area contributed by atoms with Crippen molar-refractivity contribution in [2.75, 3.05) is 24.1 Å². The largest absolute Gasteiger partial charge is 0.398 e. The number of anilines is 2. The highest BCUT2D eigenvalue weighted by Crippen LogP contribution is 2.16. The Balaban J connectivity index is 1.87. The predicted molar refractivity (Wildman–Crippen MR) is 112 cm³/mol. The summed E-state index contributed by atoms with van der Waals surface area (Å²) in [5.41, 5.74) is 7.25. The molecular weight excluding hydrogens is 483 g/mol. The first kappa shape index (κ1) is 21.1. The van der Waals surface area contributed by atoms with E-state index in [1.165, 1.54) is 31.2 Å². The number of benzene rings is 2. The van der Waals surface area contributed by atoms with Crippen LogP contribution in [0.15, 0.2) is 47.4 Å². The Morgan fingerprint density at radius 2 is 1.74 bits per heavy atom. The molecule has 0 aliphatic heterocycles. The van der Waals surface area contributed by atoms with Crippen molar-refractivity contribution in [3.63, 3.8) is 0 Å². The smallest absolute Gasteiger partial charge is 0.251 e. The summed E-state index contributed by atoms with van der Waals surface area (Å²) in [4.78, 5) is 23.1. The second-order valence-electron chi connectivity index (χ2n) is 5.60. The molecule has 10 heteroatoms. The maximum Gasteiger partial charge on any atom is 0.251 e. The highest BCUT2D eigenvalue weighted by molar-refractivity contribution is 14.1. The second-order valence-corrected chi connectivity index (χ2v) is 8.52. The Morgan fingerprint density at radius 3 is 2.33 bits per heavy atom. The molecule has 0 aliphatic carbocycles. The van der Waals surface area contributed by atoms with Gasteiger partial charge in [0.25, 0.3) is 5.91 Å². The Morgan fingerprint density at radius 1 is 1.07 bits per heavy atom. The average Bonchev–Trinajstić information content (AvgIpc) is 2.61. The van der Waals surface area contributed by atoms with Gasteiger partial charge in [0.2, 0.25) is 15.9 Å². The van der Waals surface area contributed by atoms with Gasteiger partial charge in [0.15, 0.2) is 0 Å². The number of nitrogens with two attached hydrogens (primary N) is 1. The molecule has 0 saturated heterocycles. The zero-order valence-electron chi connectivity index (χ0n) is 14.5. The van der Waals surface area contributed by atoms with Gasteiger partial charge >= 0.3 is 0 Å². The van der Waals surface area contributed by atoms with E-state index < -0.39 is 10.0 Å². The monoisotopic (exact) mass is 502 g/mol. The van der Waals surface area contributed by atoms with Crippen LogP contribution in [0.2, 0.25) is 0 Å². The van der Waals surface area contributed by atoms with Gasteiger partial charge in [-0.25, -0.2) is 13.1 Å². The average molecular weight is 502 g/mol. The lowest BCUT2D eigenvalue weighted by molar-refractivity contribution is -0.114. The molecule has 144 valence electrons. The summed E-state index contributed by atoms with van der Waals surface area (Å²) in [5.74, 6) is -0.554. The summed E-state index contributed by atoms with van der Waals surface area (Å²) >= 11 is 2.03. The third-order valence-electron chi connectivity index (χ3n) is 3.45. The van der Waals surface area contributed by atoms with E-state index in [-0.39, 0.29) is 29.8 Å². The number of nitrogens with one attached hydrogen (secondary N) is 3. The zero-order valence-corrected chi connectivity index (χ0v) is 17.4. The van der Waals surface area contributed by atoms with Crippen LogP contribution in [0.5, 0.6) is 0 Å². The molecule has 0 atom stereocenters. The number of nitrogen functional groups attached to an aromatic ring is 1. The molecule has 0 bridgehead atoms. The van der Waals surface area contributed by atoms with Crippen LogP contribution in [0, 0.1) is 3.57 Å². The molecule has 2 aromatic rings. The van der Waals surface area contributed by atoms with Gasteiger partial charge in [0, 0.05) is 40.5 Å². The van der Waals surface area contributed by atoms with Gasteiger partial charge in [-0.15, -0.1) is 0 Å². The fourth-order valence-corrected chi connectivity index (χ4v) is 3.68. The minimum Gasteiger partial charge on any atom is -0.398 e. The van der Waals surface area contributed by atoms with Crippen LogP contribution in [0.3, 0.4) is 0 Å². The molecule has 27 heavy (non-hydrogen) atoms. The minimum absolute atomic E-state index is 0.0353. The van der Waals surface area contributed by atoms with Gasteiger partial charge in [-0.2, -0.15) is 0 Å². The zero-order chi connectivity index (χ0) is 20.0. The summed E-state index contributed by atoms with van der Waals surface area (Å²) in [6.07, 6.45) is 0. The van der Waals surface area contributed by atoms with E-state index in [2.05, 4.69) is 15.4 Å². The molecule has 0 aliphatic rings. The van der Waals surface area contributed by atoms with Gasteiger partial charge in [0.05, 0.1) is 4.90 Å². The number of sulfonamides is 1. The number of carbonyl (C=O) groups is 2. The summed E-state index contributed by atoms with van der Waals surface area (Å²) in [6.45, 7) is 1.53. The molecule has 2 rings (SSSR count). The first-order chi connectivity index (χ1) is 12.7. The van der Waals surface area contributed by atoms with Crippen LogP contribution >= 0.6 is 22.6 Å². The number of amides is 2. The van der Waals surface area contributed by atoms with Crippen molar-refractivity contribution >= 4 is 55.8 Å². The first-order valence-corrected chi connectivity index (χ1v) is 10.5. The van der Waals surface area contributed by atoms with E-state index in [1.807, 2.05) is 22.6 Å². The van der Waals surface area contributed by atoms with Crippen LogP contribution in [0.1, 0.15) is 17.3 Å². The van der Waals surface area contributed by atoms with Crippen LogP contribution in [0.25, 0.3) is 0 Å². The van der Waals surface area contributed by atoms with E-state index in [9.17, 15) is 18.0 Å². The third kappa shape index (κ3) is 6.19. The van der Waals surface area contributed by atoms with E-state index in [4.69, 9.17) is 5.73 Å². The highest BCUT2D eigenvalue weighted by Gasteiger charge is 2.14. The van der Waals surface area contributed by atoms with Crippen LogP contribution in [-0.4, -0.2) is 33.3 Å². The van der Waals surface area contributed by atoms with E-state index in [1.54, 1.807) is 18.2 Å². The molecule has 0 fully saturated rings. The molecular formula is C17H19IN4O4S. The lowest BCUT2D eigenvalue weighted by Gasteiger charge is -2.09. The van der Waals surface area contributed by atoms with E-state index in [0.29, 0.717) is 16.9 Å². The van der Waals surface area contributed by atoms with Crippen molar-refractivity contribution in [2.24, 2.45) is 0 Å². The summed E-state index contributed by atoms with van der Waals surface area (Å²) in [6, 6.07) is 10.7. The van der Waals surface area contributed by atoms with Gasteiger partial charge < -0.3 is 16.4 Å². The normalized spacial score (nSPS) is 11.0. The maximum atomic E-state index is 12.2. The number of carbonyl (C=O) groups excluding carboxylic acids is 2. The molecule has 2 amide bonds. The Kier molecular flexibility index (Phi) is 7.16. The van der Waals surface area contributed by atoms with Crippen LogP contribution in [0.4, 0.5) is 11.4 Å². The standard InChI is InChI=1S/C17H19IN4O4S/c1-11(23)22-13-3-5-14(6-4-13)27(25,26)21-9-8-20-17(24)12-2-7-16(19)15(18)10-12/h2-7,10,21H,8-9,19H2,1H3,(H,20,24)(H,22,23). The summed E-state index contributed by atoms with van der Waals surface area (Å²) < 4.78 is 27.7. The topological polar surface area (TPSA) is 130 Å². The third-order valence-corrected chi connectivity index (χ3v) is 5.86. The lowest BCUT2D eigenvalue weighted by atomic mass is 10.2. The second kappa shape index (κ2) is 9.15.